The van der Waals surface area contributed by atoms with Crippen LogP contribution in [-0.4, -0.2) is 21.6 Å². The van der Waals surface area contributed by atoms with E-state index in [0.717, 1.165) is 23.2 Å². The molecule has 0 saturated carbocycles. The van der Waals surface area contributed by atoms with Gasteiger partial charge in [-0.1, -0.05) is 36.4 Å². The average Bonchev–Trinajstić information content (AvgIpc) is 3.40. The van der Waals surface area contributed by atoms with E-state index in [0.29, 0.717) is 22.4 Å². The first-order valence-electron chi connectivity index (χ1n) is 9.73. The summed E-state index contributed by atoms with van der Waals surface area (Å²) < 4.78 is 3.06. The molecule has 1 aliphatic heterocycles. The molecule has 0 unspecified atom stereocenters. The molecular formula is C23H19N3O3S. The van der Waals surface area contributed by atoms with Gasteiger partial charge in [0.1, 0.15) is 11.2 Å². The Kier molecular flexibility index (Phi) is 4.40. The van der Waals surface area contributed by atoms with Crippen LogP contribution in [0.1, 0.15) is 11.1 Å². The fraction of sp³-hybridized carbons (Fsp3) is 0.174. The Hall–Kier alpha value is -3.45. The molecule has 6 nitrogen and oxygen atoms in total. The van der Waals surface area contributed by atoms with Crippen molar-refractivity contribution >= 4 is 33.1 Å². The van der Waals surface area contributed by atoms with Crippen molar-refractivity contribution in [3.63, 3.8) is 0 Å². The second-order valence-electron chi connectivity index (χ2n) is 7.35. The summed E-state index contributed by atoms with van der Waals surface area (Å²) in [6, 6.07) is 16.8. The second-order valence-corrected chi connectivity index (χ2v) is 8.27. The van der Waals surface area contributed by atoms with Crippen LogP contribution >= 0.6 is 11.3 Å². The quantitative estimate of drug-likeness (QED) is 0.515. The molecule has 0 saturated heterocycles. The minimum Gasteiger partial charge on any atom is -0.310 e. The number of aromatic nitrogens is 2. The highest BCUT2D eigenvalue weighted by Crippen LogP contribution is 2.28. The minimum absolute atomic E-state index is 0.118. The molecule has 30 heavy (non-hydrogen) atoms. The number of rotatable bonds is 3. The fourth-order valence-corrected chi connectivity index (χ4v) is 4.91. The number of para-hydroxylation sites is 2. The molecule has 5 rings (SSSR count). The Morgan fingerprint density at radius 3 is 2.53 bits per heavy atom. The third-order valence-electron chi connectivity index (χ3n) is 5.59. The maximum absolute atomic E-state index is 13.4. The van der Waals surface area contributed by atoms with Crippen LogP contribution < -0.4 is 16.1 Å². The zero-order valence-electron chi connectivity index (χ0n) is 16.4. The third-order valence-corrected chi connectivity index (χ3v) is 6.48. The molecule has 0 bridgehead atoms. The zero-order valence-corrected chi connectivity index (χ0v) is 17.2. The van der Waals surface area contributed by atoms with Gasteiger partial charge in [0.15, 0.2) is 0 Å². The minimum atomic E-state index is -0.499. The van der Waals surface area contributed by atoms with Crippen LogP contribution in [0.25, 0.3) is 15.9 Å². The van der Waals surface area contributed by atoms with Crippen molar-refractivity contribution < 1.29 is 4.79 Å². The standard InChI is InChI=1S/C23H19N3O3S/c1-15-6-2-4-8-17(15)26-22(28)21-19(11-13-30-21)25(23(26)29)14-20(27)24-12-10-16-7-3-5-9-18(16)24/h2-9,11,13H,10,12,14H2,1H3. The lowest BCUT2D eigenvalue weighted by atomic mass is 10.2. The Labute approximate surface area is 176 Å². The number of thiophene rings is 1. The Morgan fingerprint density at radius 1 is 1.00 bits per heavy atom. The Morgan fingerprint density at radius 2 is 1.73 bits per heavy atom. The van der Waals surface area contributed by atoms with Gasteiger partial charge in [-0.25, -0.2) is 9.36 Å². The molecule has 150 valence electrons. The normalized spacial score (nSPS) is 13.0. The third kappa shape index (κ3) is 2.81. The maximum atomic E-state index is 13.4. The summed E-state index contributed by atoms with van der Waals surface area (Å²) in [6.07, 6.45) is 0.799. The highest BCUT2D eigenvalue weighted by molar-refractivity contribution is 7.17. The van der Waals surface area contributed by atoms with Crippen LogP contribution in [0, 0.1) is 6.92 Å². The Balaban J connectivity index is 1.65. The van der Waals surface area contributed by atoms with Gasteiger partial charge in [0.05, 0.1) is 11.2 Å². The van der Waals surface area contributed by atoms with Crippen molar-refractivity contribution in [3.8, 4) is 5.69 Å². The topological polar surface area (TPSA) is 64.3 Å². The number of hydrogen-bond donors (Lipinski definition) is 0. The lowest BCUT2D eigenvalue weighted by molar-refractivity contribution is -0.119. The van der Waals surface area contributed by atoms with E-state index in [9.17, 15) is 14.4 Å². The molecule has 2 aromatic carbocycles. The number of nitrogens with zero attached hydrogens (tertiary/aromatic N) is 3. The highest BCUT2D eigenvalue weighted by Gasteiger charge is 2.26. The Bertz CT molecular complexity index is 1410. The van der Waals surface area contributed by atoms with E-state index in [4.69, 9.17) is 0 Å². The van der Waals surface area contributed by atoms with Gasteiger partial charge in [0.2, 0.25) is 5.91 Å². The van der Waals surface area contributed by atoms with Gasteiger partial charge in [0.25, 0.3) is 5.56 Å². The van der Waals surface area contributed by atoms with Gasteiger partial charge in [-0.15, -0.1) is 11.3 Å². The summed E-state index contributed by atoms with van der Waals surface area (Å²) in [5, 5.41) is 1.78. The van der Waals surface area contributed by atoms with Gasteiger partial charge in [-0.3, -0.25) is 14.2 Å². The van der Waals surface area contributed by atoms with E-state index in [1.807, 2.05) is 43.3 Å². The zero-order chi connectivity index (χ0) is 20.8. The van der Waals surface area contributed by atoms with Crippen molar-refractivity contribution in [2.24, 2.45) is 0 Å². The van der Waals surface area contributed by atoms with Crippen LogP contribution in [0.2, 0.25) is 0 Å². The lowest BCUT2D eigenvalue weighted by Crippen LogP contribution is -2.42. The summed E-state index contributed by atoms with van der Waals surface area (Å²) in [5.74, 6) is -0.162. The van der Waals surface area contributed by atoms with Crippen LogP contribution in [0.4, 0.5) is 5.69 Å². The summed E-state index contributed by atoms with van der Waals surface area (Å²) in [7, 11) is 0. The molecule has 1 aliphatic rings. The van der Waals surface area contributed by atoms with Gasteiger partial charge >= 0.3 is 5.69 Å². The van der Waals surface area contributed by atoms with Gasteiger partial charge in [0, 0.05) is 12.2 Å². The summed E-state index contributed by atoms with van der Waals surface area (Å²) >= 11 is 1.28. The van der Waals surface area contributed by atoms with E-state index in [-0.39, 0.29) is 18.0 Å². The lowest BCUT2D eigenvalue weighted by Gasteiger charge is -2.19. The van der Waals surface area contributed by atoms with Crippen LogP contribution in [-0.2, 0) is 17.8 Å². The highest BCUT2D eigenvalue weighted by atomic mass is 32.1. The summed E-state index contributed by atoms with van der Waals surface area (Å²) in [4.78, 5) is 41.4. The van der Waals surface area contributed by atoms with Gasteiger partial charge in [-0.05, 0) is 48.1 Å². The first kappa shape index (κ1) is 18.6. The molecule has 0 spiro atoms. The monoisotopic (exact) mass is 417 g/mol. The largest absolute Gasteiger partial charge is 0.336 e. The van der Waals surface area contributed by atoms with E-state index in [1.54, 1.807) is 28.5 Å². The molecule has 0 radical (unpaired) electrons. The molecule has 4 aromatic rings. The van der Waals surface area contributed by atoms with Gasteiger partial charge in [-0.2, -0.15) is 0 Å². The number of anilines is 1. The average molecular weight is 417 g/mol. The number of hydrogen-bond acceptors (Lipinski definition) is 4. The van der Waals surface area contributed by atoms with E-state index in [2.05, 4.69) is 0 Å². The van der Waals surface area contributed by atoms with Crippen LogP contribution in [0.3, 0.4) is 0 Å². The first-order chi connectivity index (χ1) is 14.6. The number of carbonyl (C=O) groups excluding carboxylic acids is 1. The number of aryl methyl sites for hydroxylation is 1. The summed E-state index contributed by atoms with van der Waals surface area (Å²) in [6.45, 7) is 2.33. The van der Waals surface area contributed by atoms with Gasteiger partial charge < -0.3 is 4.90 Å². The number of benzene rings is 2. The van der Waals surface area contributed by atoms with Crippen molar-refractivity contribution in [2.45, 2.75) is 19.9 Å². The van der Waals surface area contributed by atoms with E-state index >= 15 is 0 Å². The molecule has 2 aromatic heterocycles. The molecule has 0 atom stereocenters. The SMILES string of the molecule is Cc1ccccc1-n1c(=O)c2sccc2n(CC(=O)N2CCc3ccccc32)c1=O. The molecule has 3 heterocycles. The smallest absolute Gasteiger partial charge is 0.310 e. The molecule has 0 N–H and O–H groups in total. The number of carbonyl (C=O) groups is 1. The van der Waals surface area contributed by atoms with Crippen LogP contribution in [0.15, 0.2) is 69.6 Å². The molecule has 7 heteroatoms. The predicted octanol–water partition coefficient (Wildman–Crippen LogP) is 3.11. The van der Waals surface area contributed by atoms with E-state index in [1.165, 1.54) is 20.5 Å². The fourth-order valence-electron chi connectivity index (χ4n) is 4.08. The van der Waals surface area contributed by atoms with Crippen LogP contribution in [0.5, 0.6) is 0 Å². The van der Waals surface area contributed by atoms with Crippen molar-refractivity contribution in [1.82, 2.24) is 9.13 Å². The van der Waals surface area contributed by atoms with Crippen molar-refractivity contribution in [2.75, 3.05) is 11.4 Å². The van der Waals surface area contributed by atoms with E-state index < -0.39 is 5.69 Å². The van der Waals surface area contributed by atoms with Crippen molar-refractivity contribution in [1.29, 1.82) is 0 Å². The first-order valence-corrected chi connectivity index (χ1v) is 10.6. The molecule has 0 aliphatic carbocycles. The van der Waals surface area contributed by atoms with Crippen molar-refractivity contribution in [3.05, 3.63) is 91.9 Å². The second kappa shape index (κ2) is 7.11. The predicted molar refractivity (Wildman–Crippen MR) is 119 cm³/mol. The molecular weight excluding hydrogens is 398 g/mol. The molecule has 1 amide bonds. The number of fused-ring (bicyclic) bond motifs is 2. The maximum Gasteiger partial charge on any atom is 0.336 e. The number of amides is 1. The molecule has 0 fully saturated rings. The summed E-state index contributed by atoms with van der Waals surface area (Å²) in [5.41, 5.74) is 3.03.